The summed E-state index contributed by atoms with van der Waals surface area (Å²) in [7, 11) is 1.64. The lowest BCUT2D eigenvalue weighted by molar-refractivity contribution is -0.126. The first-order valence-electron chi connectivity index (χ1n) is 6.82. The predicted molar refractivity (Wildman–Crippen MR) is 79.2 cm³/mol. The number of ether oxygens (including phenoxy) is 1. The van der Waals surface area contributed by atoms with Crippen LogP contribution in [0, 0.1) is 0 Å². The molecule has 0 fully saturated rings. The summed E-state index contributed by atoms with van der Waals surface area (Å²) in [6.45, 7) is 5.81. The van der Waals surface area contributed by atoms with Crippen molar-refractivity contribution in [1.82, 2.24) is 4.90 Å². The van der Waals surface area contributed by atoms with E-state index in [9.17, 15) is 4.79 Å². The zero-order valence-corrected chi connectivity index (χ0v) is 12.1. The maximum Gasteiger partial charge on any atom is 0.246 e. The number of hydrogen-bond donors (Lipinski definition) is 0. The van der Waals surface area contributed by atoms with Crippen LogP contribution in [-0.2, 0) is 4.79 Å². The number of carbonyl (C=O) groups is 1. The maximum atomic E-state index is 12.0. The Morgan fingerprint density at radius 3 is 2.21 bits per heavy atom. The van der Waals surface area contributed by atoms with Gasteiger partial charge in [-0.25, -0.2) is 0 Å². The van der Waals surface area contributed by atoms with Crippen molar-refractivity contribution in [3.8, 4) is 5.75 Å². The van der Waals surface area contributed by atoms with Crippen LogP contribution in [0.3, 0.4) is 0 Å². The molecular formula is C16H23NO2. The van der Waals surface area contributed by atoms with Crippen molar-refractivity contribution in [1.29, 1.82) is 0 Å². The van der Waals surface area contributed by atoms with E-state index in [2.05, 4.69) is 13.8 Å². The van der Waals surface area contributed by atoms with Crippen molar-refractivity contribution >= 4 is 12.0 Å². The second kappa shape index (κ2) is 8.35. The first kappa shape index (κ1) is 15.3. The molecule has 3 nitrogen and oxygen atoms in total. The van der Waals surface area contributed by atoms with E-state index >= 15 is 0 Å². The third-order valence-corrected chi connectivity index (χ3v) is 2.83. The van der Waals surface area contributed by atoms with E-state index in [1.807, 2.05) is 35.2 Å². The van der Waals surface area contributed by atoms with Gasteiger partial charge in [0, 0.05) is 19.2 Å². The van der Waals surface area contributed by atoms with Crippen molar-refractivity contribution < 1.29 is 9.53 Å². The average Bonchev–Trinajstić information content (AvgIpc) is 2.45. The van der Waals surface area contributed by atoms with Gasteiger partial charge in [-0.1, -0.05) is 26.0 Å². The highest BCUT2D eigenvalue weighted by atomic mass is 16.5. The molecule has 0 saturated heterocycles. The second-order valence-corrected chi connectivity index (χ2v) is 4.43. The molecular weight excluding hydrogens is 238 g/mol. The van der Waals surface area contributed by atoms with Gasteiger partial charge < -0.3 is 9.64 Å². The number of nitrogens with zero attached hydrogens (tertiary/aromatic N) is 1. The van der Waals surface area contributed by atoms with Crippen LogP contribution in [-0.4, -0.2) is 31.0 Å². The molecule has 0 saturated carbocycles. The molecule has 3 heteroatoms. The molecule has 0 aliphatic rings. The fraction of sp³-hybridized carbons (Fsp3) is 0.438. The Morgan fingerprint density at radius 1 is 1.16 bits per heavy atom. The molecule has 1 amide bonds. The molecule has 1 aromatic rings. The lowest BCUT2D eigenvalue weighted by atomic mass is 10.2. The number of benzene rings is 1. The van der Waals surface area contributed by atoms with Gasteiger partial charge in [-0.05, 0) is 36.6 Å². The first-order chi connectivity index (χ1) is 9.21. The average molecular weight is 261 g/mol. The number of amides is 1. The molecule has 0 heterocycles. The number of hydrogen-bond acceptors (Lipinski definition) is 2. The summed E-state index contributed by atoms with van der Waals surface area (Å²) >= 11 is 0. The minimum atomic E-state index is 0.0829. The smallest absolute Gasteiger partial charge is 0.246 e. The third kappa shape index (κ3) is 5.16. The molecule has 104 valence electrons. The summed E-state index contributed by atoms with van der Waals surface area (Å²) in [4.78, 5) is 13.9. The van der Waals surface area contributed by atoms with E-state index in [4.69, 9.17) is 4.74 Å². The van der Waals surface area contributed by atoms with Crippen molar-refractivity contribution in [2.75, 3.05) is 20.2 Å². The van der Waals surface area contributed by atoms with Crippen LogP contribution in [0.1, 0.15) is 32.3 Å². The van der Waals surface area contributed by atoms with Crippen LogP contribution in [0.25, 0.3) is 6.08 Å². The normalized spacial score (nSPS) is 10.7. The molecule has 1 aromatic carbocycles. The molecule has 0 aromatic heterocycles. The van der Waals surface area contributed by atoms with Crippen molar-refractivity contribution in [2.45, 2.75) is 26.7 Å². The molecule has 0 atom stereocenters. The molecule has 0 aliphatic heterocycles. The molecule has 19 heavy (non-hydrogen) atoms. The molecule has 0 aliphatic carbocycles. The topological polar surface area (TPSA) is 29.5 Å². The minimum absolute atomic E-state index is 0.0829. The molecule has 0 radical (unpaired) electrons. The molecule has 0 spiro atoms. The second-order valence-electron chi connectivity index (χ2n) is 4.43. The molecule has 0 unspecified atom stereocenters. The van der Waals surface area contributed by atoms with E-state index in [-0.39, 0.29) is 5.91 Å². The largest absolute Gasteiger partial charge is 0.497 e. The zero-order valence-electron chi connectivity index (χ0n) is 12.1. The summed E-state index contributed by atoms with van der Waals surface area (Å²) in [6.07, 6.45) is 5.47. The SMILES string of the molecule is CCCN(CCC)C(=O)C=Cc1ccc(OC)cc1. The van der Waals surface area contributed by atoms with Crippen LogP contribution in [0.15, 0.2) is 30.3 Å². The van der Waals surface area contributed by atoms with Gasteiger partial charge in [0.2, 0.25) is 5.91 Å². The van der Waals surface area contributed by atoms with Gasteiger partial charge in [-0.15, -0.1) is 0 Å². The molecule has 0 bridgehead atoms. The lowest BCUT2D eigenvalue weighted by Crippen LogP contribution is -2.30. The quantitative estimate of drug-likeness (QED) is 0.704. The highest BCUT2D eigenvalue weighted by molar-refractivity contribution is 5.91. The van der Waals surface area contributed by atoms with Crippen LogP contribution < -0.4 is 4.74 Å². The summed E-state index contributed by atoms with van der Waals surface area (Å²) in [5.74, 6) is 0.904. The first-order valence-corrected chi connectivity index (χ1v) is 6.82. The number of methoxy groups -OCH3 is 1. The third-order valence-electron chi connectivity index (χ3n) is 2.83. The Labute approximate surface area is 115 Å². The standard InChI is InChI=1S/C16H23NO2/c1-4-12-17(13-5-2)16(18)11-8-14-6-9-15(19-3)10-7-14/h6-11H,4-5,12-13H2,1-3H3. The van der Waals surface area contributed by atoms with Gasteiger partial charge in [-0.2, -0.15) is 0 Å². The number of carbonyl (C=O) groups excluding carboxylic acids is 1. The van der Waals surface area contributed by atoms with Gasteiger partial charge in [0.1, 0.15) is 5.75 Å². The molecule has 1 rings (SSSR count). The van der Waals surface area contributed by atoms with E-state index in [1.165, 1.54) is 0 Å². The Hall–Kier alpha value is -1.77. The minimum Gasteiger partial charge on any atom is -0.497 e. The highest BCUT2D eigenvalue weighted by Crippen LogP contribution is 2.12. The monoisotopic (exact) mass is 261 g/mol. The van der Waals surface area contributed by atoms with Crippen molar-refractivity contribution in [2.24, 2.45) is 0 Å². The fourth-order valence-corrected chi connectivity index (χ4v) is 1.86. The Bertz CT molecular complexity index is 403. The number of rotatable bonds is 7. The zero-order chi connectivity index (χ0) is 14.1. The fourth-order valence-electron chi connectivity index (χ4n) is 1.86. The van der Waals surface area contributed by atoms with Gasteiger partial charge >= 0.3 is 0 Å². The summed E-state index contributed by atoms with van der Waals surface area (Å²) in [5.41, 5.74) is 1.00. The van der Waals surface area contributed by atoms with Gasteiger partial charge in [0.15, 0.2) is 0 Å². The lowest BCUT2D eigenvalue weighted by Gasteiger charge is -2.19. The van der Waals surface area contributed by atoms with E-state index in [1.54, 1.807) is 13.2 Å². The van der Waals surface area contributed by atoms with E-state index in [0.717, 1.165) is 37.2 Å². The summed E-state index contributed by atoms with van der Waals surface area (Å²) < 4.78 is 5.10. The Morgan fingerprint density at radius 2 is 1.74 bits per heavy atom. The van der Waals surface area contributed by atoms with Crippen molar-refractivity contribution in [3.63, 3.8) is 0 Å². The summed E-state index contributed by atoms with van der Waals surface area (Å²) in [6, 6.07) is 7.65. The van der Waals surface area contributed by atoms with Gasteiger partial charge in [-0.3, -0.25) is 4.79 Å². The molecule has 0 N–H and O–H groups in total. The Balaban J connectivity index is 2.64. The van der Waals surface area contributed by atoms with Crippen molar-refractivity contribution in [3.05, 3.63) is 35.9 Å². The van der Waals surface area contributed by atoms with Crippen LogP contribution in [0.2, 0.25) is 0 Å². The van der Waals surface area contributed by atoms with Gasteiger partial charge in [0.05, 0.1) is 7.11 Å². The van der Waals surface area contributed by atoms with Crippen LogP contribution in [0.5, 0.6) is 5.75 Å². The van der Waals surface area contributed by atoms with Gasteiger partial charge in [0.25, 0.3) is 0 Å². The van der Waals surface area contributed by atoms with E-state index < -0.39 is 0 Å². The van der Waals surface area contributed by atoms with E-state index in [0.29, 0.717) is 0 Å². The highest BCUT2D eigenvalue weighted by Gasteiger charge is 2.07. The summed E-state index contributed by atoms with van der Waals surface area (Å²) in [5, 5.41) is 0. The van der Waals surface area contributed by atoms with Crippen LogP contribution >= 0.6 is 0 Å². The predicted octanol–water partition coefficient (Wildman–Crippen LogP) is 3.36. The Kier molecular flexibility index (Phi) is 6.72. The maximum absolute atomic E-state index is 12.0. The van der Waals surface area contributed by atoms with Crippen LogP contribution in [0.4, 0.5) is 0 Å².